The summed E-state index contributed by atoms with van der Waals surface area (Å²) in [5.41, 5.74) is 0. The zero-order valence-corrected chi connectivity index (χ0v) is 10.3. The van der Waals surface area contributed by atoms with Gasteiger partial charge in [-0.15, -0.1) is 0 Å². The maximum absolute atomic E-state index is 11.5. The van der Waals surface area contributed by atoms with Crippen molar-refractivity contribution in [2.75, 3.05) is 38.3 Å². The van der Waals surface area contributed by atoms with Crippen molar-refractivity contribution in [1.29, 1.82) is 0 Å². The number of carbonyl (C=O) groups is 1. The zero-order valence-electron chi connectivity index (χ0n) is 9.52. The minimum atomic E-state index is -3.32. The van der Waals surface area contributed by atoms with Crippen LogP contribution >= 0.6 is 0 Å². The second-order valence-electron chi connectivity index (χ2n) is 3.15. The van der Waals surface area contributed by atoms with Crippen molar-refractivity contribution in [2.24, 2.45) is 0 Å². The first-order valence-electron chi connectivity index (χ1n) is 4.94. The molecule has 0 saturated carbocycles. The Labute approximate surface area is 91.3 Å². The molecule has 0 heterocycles. The van der Waals surface area contributed by atoms with Crippen molar-refractivity contribution in [3.05, 3.63) is 0 Å². The summed E-state index contributed by atoms with van der Waals surface area (Å²) in [5.74, 6) is -0.856. The Hall–Kier alpha value is -0.620. The highest BCUT2D eigenvalue weighted by molar-refractivity contribution is 7.92. The van der Waals surface area contributed by atoms with E-state index >= 15 is 0 Å². The average molecular weight is 237 g/mol. The minimum Gasteiger partial charge on any atom is -0.384 e. The van der Waals surface area contributed by atoms with E-state index < -0.39 is 15.6 Å². The van der Waals surface area contributed by atoms with Crippen LogP contribution in [0, 0.1) is 0 Å². The normalized spacial score (nSPS) is 11.4. The Morgan fingerprint density at radius 3 is 2.20 bits per heavy atom. The molecule has 0 rings (SSSR count). The Bertz CT molecular complexity index is 282. The third kappa shape index (κ3) is 5.74. The third-order valence-electron chi connectivity index (χ3n) is 2.06. The quantitative estimate of drug-likeness (QED) is 0.621. The van der Waals surface area contributed by atoms with Gasteiger partial charge in [-0.2, -0.15) is 0 Å². The van der Waals surface area contributed by atoms with E-state index in [1.54, 1.807) is 0 Å². The van der Waals surface area contributed by atoms with Gasteiger partial charge in [0.1, 0.15) is 5.75 Å². The van der Waals surface area contributed by atoms with E-state index in [2.05, 4.69) is 4.74 Å². The van der Waals surface area contributed by atoms with Gasteiger partial charge >= 0.3 is 0 Å². The van der Waals surface area contributed by atoms with E-state index in [0.717, 1.165) is 0 Å². The standard InChI is InChI=1S/C9H19NO4S/c1-4-10(5-2)9(11)8-15(12,13)7-6-14-3/h4-8H2,1-3H3. The monoisotopic (exact) mass is 237 g/mol. The molecule has 0 fully saturated rings. The van der Waals surface area contributed by atoms with Gasteiger partial charge in [0.2, 0.25) is 5.91 Å². The van der Waals surface area contributed by atoms with E-state index in [1.807, 2.05) is 13.8 Å². The molecule has 5 nitrogen and oxygen atoms in total. The van der Waals surface area contributed by atoms with Crippen molar-refractivity contribution < 1.29 is 17.9 Å². The average Bonchev–Trinajstić information content (AvgIpc) is 2.16. The van der Waals surface area contributed by atoms with Crippen LogP contribution in [0.2, 0.25) is 0 Å². The largest absolute Gasteiger partial charge is 0.384 e. The summed E-state index contributed by atoms with van der Waals surface area (Å²) in [6, 6.07) is 0. The molecule has 0 bridgehead atoms. The van der Waals surface area contributed by atoms with Gasteiger partial charge in [0.15, 0.2) is 9.84 Å². The molecular weight excluding hydrogens is 218 g/mol. The van der Waals surface area contributed by atoms with Crippen molar-refractivity contribution in [1.82, 2.24) is 4.90 Å². The molecule has 6 heteroatoms. The Morgan fingerprint density at radius 1 is 1.27 bits per heavy atom. The van der Waals surface area contributed by atoms with Crippen molar-refractivity contribution in [3.8, 4) is 0 Å². The van der Waals surface area contributed by atoms with E-state index in [9.17, 15) is 13.2 Å². The van der Waals surface area contributed by atoms with Crippen LogP contribution in [0.15, 0.2) is 0 Å². The number of ether oxygens (including phenoxy) is 1. The lowest BCUT2D eigenvalue weighted by Crippen LogP contribution is -2.36. The Morgan fingerprint density at radius 2 is 1.80 bits per heavy atom. The number of sulfone groups is 1. The van der Waals surface area contributed by atoms with E-state index in [1.165, 1.54) is 12.0 Å². The first kappa shape index (κ1) is 14.4. The van der Waals surface area contributed by atoms with Crippen LogP contribution in [0.25, 0.3) is 0 Å². The Balaban J connectivity index is 4.26. The summed E-state index contributed by atoms with van der Waals surface area (Å²) in [4.78, 5) is 13.0. The van der Waals surface area contributed by atoms with Gasteiger partial charge in [-0.1, -0.05) is 0 Å². The fourth-order valence-electron chi connectivity index (χ4n) is 1.14. The molecule has 0 N–H and O–H groups in total. The number of methoxy groups -OCH3 is 1. The minimum absolute atomic E-state index is 0.101. The van der Waals surface area contributed by atoms with Crippen LogP contribution in [-0.4, -0.2) is 57.5 Å². The summed E-state index contributed by atoms with van der Waals surface area (Å²) in [7, 11) is -1.89. The SMILES string of the molecule is CCN(CC)C(=O)CS(=O)(=O)CCOC. The first-order valence-corrected chi connectivity index (χ1v) is 6.76. The van der Waals surface area contributed by atoms with Crippen LogP contribution in [0.5, 0.6) is 0 Å². The number of carbonyl (C=O) groups excluding carboxylic acids is 1. The molecule has 90 valence electrons. The van der Waals surface area contributed by atoms with E-state index in [0.29, 0.717) is 13.1 Å². The van der Waals surface area contributed by atoms with E-state index in [-0.39, 0.29) is 18.3 Å². The molecule has 0 spiro atoms. The summed E-state index contributed by atoms with van der Waals surface area (Å²) in [6.45, 7) is 4.85. The van der Waals surface area contributed by atoms with Crippen LogP contribution < -0.4 is 0 Å². The molecule has 1 amide bonds. The summed E-state index contributed by atoms with van der Waals surface area (Å²) >= 11 is 0. The molecule has 0 aromatic rings. The molecule has 0 aliphatic heterocycles. The van der Waals surface area contributed by atoms with Crippen LogP contribution in [-0.2, 0) is 19.4 Å². The summed E-state index contributed by atoms with van der Waals surface area (Å²) in [6.07, 6.45) is 0. The van der Waals surface area contributed by atoms with Gasteiger partial charge in [-0.25, -0.2) is 8.42 Å². The lowest BCUT2D eigenvalue weighted by atomic mass is 10.5. The molecule has 0 aliphatic carbocycles. The van der Waals surface area contributed by atoms with Crippen molar-refractivity contribution in [3.63, 3.8) is 0 Å². The zero-order chi connectivity index (χ0) is 11.9. The van der Waals surface area contributed by atoms with Crippen molar-refractivity contribution >= 4 is 15.7 Å². The number of amides is 1. The maximum Gasteiger partial charge on any atom is 0.237 e. The van der Waals surface area contributed by atoms with E-state index in [4.69, 9.17) is 0 Å². The Kier molecular flexibility index (Phi) is 6.51. The smallest absolute Gasteiger partial charge is 0.237 e. The van der Waals surface area contributed by atoms with Gasteiger partial charge in [0.25, 0.3) is 0 Å². The molecule has 0 aliphatic rings. The van der Waals surface area contributed by atoms with Gasteiger partial charge in [0, 0.05) is 20.2 Å². The molecular formula is C9H19NO4S. The second-order valence-corrected chi connectivity index (χ2v) is 5.33. The van der Waals surface area contributed by atoms with Gasteiger partial charge in [-0.3, -0.25) is 4.79 Å². The number of nitrogens with zero attached hydrogens (tertiary/aromatic N) is 1. The lowest BCUT2D eigenvalue weighted by Gasteiger charge is -2.18. The molecule has 0 unspecified atom stereocenters. The highest BCUT2D eigenvalue weighted by Gasteiger charge is 2.19. The predicted molar refractivity (Wildman–Crippen MR) is 58.5 cm³/mol. The predicted octanol–water partition coefficient (Wildman–Crippen LogP) is -0.0840. The second kappa shape index (κ2) is 6.79. The number of hydrogen-bond donors (Lipinski definition) is 0. The van der Waals surface area contributed by atoms with Gasteiger partial charge in [0.05, 0.1) is 12.4 Å². The fourth-order valence-corrected chi connectivity index (χ4v) is 2.26. The molecule has 0 aromatic heterocycles. The fraction of sp³-hybridized carbons (Fsp3) is 0.889. The van der Waals surface area contributed by atoms with Crippen molar-refractivity contribution in [2.45, 2.75) is 13.8 Å². The summed E-state index contributed by atoms with van der Waals surface area (Å²) < 4.78 is 27.5. The highest BCUT2D eigenvalue weighted by Crippen LogP contribution is 1.96. The van der Waals surface area contributed by atoms with Crippen LogP contribution in [0.1, 0.15) is 13.8 Å². The molecule has 0 atom stereocenters. The molecule has 0 aromatic carbocycles. The van der Waals surface area contributed by atoms with Crippen LogP contribution in [0.4, 0.5) is 0 Å². The van der Waals surface area contributed by atoms with Gasteiger partial charge < -0.3 is 9.64 Å². The summed E-state index contributed by atoms with van der Waals surface area (Å²) in [5, 5.41) is 0. The molecule has 0 radical (unpaired) electrons. The first-order chi connectivity index (χ1) is 6.96. The third-order valence-corrected chi connectivity index (χ3v) is 3.53. The topological polar surface area (TPSA) is 63.7 Å². The number of rotatable bonds is 7. The molecule has 15 heavy (non-hydrogen) atoms. The number of hydrogen-bond acceptors (Lipinski definition) is 4. The van der Waals surface area contributed by atoms with Crippen LogP contribution in [0.3, 0.4) is 0 Å². The lowest BCUT2D eigenvalue weighted by molar-refractivity contribution is -0.128. The maximum atomic E-state index is 11.5. The van der Waals surface area contributed by atoms with Gasteiger partial charge in [-0.05, 0) is 13.8 Å². The highest BCUT2D eigenvalue weighted by atomic mass is 32.2. The molecule has 0 saturated heterocycles.